The standard InChI is InChI=1S/C17H23NO3/c1-4-12-18(13-5-2)17(20)11-10-16(19)14-6-8-15(21-3)9-7-14/h6-11H,4-5,12-13H2,1-3H3/b11-10+. The molecule has 4 nitrogen and oxygen atoms in total. The van der Waals surface area contributed by atoms with Gasteiger partial charge in [-0.15, -0.1) is 0 Å². The summed E-state index contributed by atoms with van der Waals surface area (Å²) in [5.41, 5.74) is 0.539. The minimum absolute atomic E-state index is 0.111. The Bertz CT molecular complexity index is 485. The third kappa shape index (κ3) is 5.42. The number of hydrogen-bond acceptors (Lipinski definition) is 3. The molecule has 0 unspecified atom stereocenters. The highest BCUT2D eigenvalue weighted by Gasteiger charge is 2.09. The van der Waals surface area contributed by atoms with Crippen molar-refractivity contribution in [2.75, 3.05) is 20.2 Å². The maximum absolute atomic E-state index is 12.0. The summed E-state index contributed by atoms with van der Waals surface area (Å²) in [5.74, 6) is 0.406. The molecule has 0 radical (unpaired) electrons. The quantitative estimate of drug-likeness (QED) is 0.546. The highest BCUT2D eigenvalue weighted by molar-refractivity contribution is 6.07. The lowest BCUT2D eigenvalue weighted by molar-refractivity contribution is -0.126. The van der Waals surface area contributed by atoms with Crippen molar-refractivity contribution in [3.8, 4) is 5.75 Å². The molecule has 1 aromatic rings. The lowest BCUT2D eigenvalue weighted by Gasteiger charge is -2.19. The van der Waals surface area contributed by atoms with Crippen LogP contribution in [0.4, 0.5) is 0 Å². The summed E-state index contributed by atoms with van der Waals surface area (Å²) in [5, 5.41) is 0. The maximum Gasteiger partial charge on any atom is 0.246 e. The van der Waals surface area contributed by atoms with Gasteiger partial charge in [0.2, 0.25) is 5.91 Å². The molecule has 1 aromatic carbocycles. The van der Waals surface area contributed by atoms with Crippen LogP contribution in [0.5, 0.6) is 5.75 Å². The van der Waals surface area contributed by atoms with Gasteiger partial charge in [-0.25, -0.2) is 0 Å². The minimum Gasteiger partial charge on any atom is -0.497 e. The Kier molecular flexibility index (Phi) is 7.23. The van der Waals surface area contributed by atoms with Gasteiger partial charge in [0.05, 0.1) is 7.11 Å². The molecule has 0 saturated carbocycles. The second-order valence-electron chi connectivity index (χ2n) is 4.75. The molecule has 0 bridgehead atoms. The Labute approximate surface area is 126 Å². The molecule has 0 atom stereocenters. The first-order valence-electron chi connectivity index (χ1n) is 7.27. The highest BCUT2D eigenvalue weighted by atomic mass is 16.5. The van der Waals surface area contributed by atoms with E-state index < -0.39 is 0 Å². The summed E-state index contributed by atoms with van der Waals surface area (Å²) in [6.07, 6.45) is 4.51. The fourth-order valence-electron chi connectivity index (χ4n) is 1.98. The molecule has 0 spiro atoms. The number of benzene rings is 1. The number of ether oxygens (including phenoxy) is 1. The average molecular weight is 289 g/mol. The molecule has 0 aliphatic rings. The van der Waals surface area contributed by atoms with Crippen molar-refractivity contribution in [2.24, 2.45) is 0 Å². The first kappa shape index (κ1) is 17.0. The van der Waals surface area contributed by atoms with Crippen molar-refractivity contribution in [1.82, 2.24) is 4.90 Å². The van der Waals surface area contributed by atoms with Crippen molar-refractivity contribution in [3.63, 3.8) is 0 Å². The van der Waals surface area contributed by atoms with Gasteiger partial charge in [-0.2, -0.15) is 0 Å². The zero-order valence-electron chi connectivity index (χ0n) is 13.0. The monoisotopic (exact) mass is 289 g/mol. The zero-order chi connectivity index (χ0) is 15.7. The van der Waals surface area contributed by atoms with Crippen molar-refractivity contribution >= 4 is 11.7 Å². The molecule has 0 aromatic heterocycles. The fourth-order valence-corrected chi connectivity index (χ4v) is 1.98. The van der Waals surface area contributed by atoms with Crippen molar-refractivity contribution in [1.29, 1.82) is 0 Å². The summed E-state index contributed by atoms with van der Waals surface area (Å²) >= 11 is 0. The molecule has 0 fully saturated rings. The van der Waals surface area contributed by atoms with Gasteiger partial charge >= 0.3 is 0 Å². The average Bonchev–Trinajstić information content (AvgIpc) is 2.52. The molecule has 0 aliphatic heterocycles. The molecule has 21 heavy (non-hydrogen) atoms. The Morgan fingerprint density at radius 1 is 1.05 bits per heavy atom. The smallest absolute Gasteiger partial charge is 0.246 e. The lowest BCUT2D eigenvalue weighted by Crippen LogP contribution is -2.31. The van der Waals surface area contributed by atoms with Crippen LogP contribution in [0.25, 0.3) is 0 Å². The zero-order valence-corrected chi connectivity index (χ0v) is 13.0. The van der Waals surface area contributed by atoms with E-state index in [4.69, 9.17) is 4.74 Å². The second kappa shape index (κ2) is 8.95. The van der Waals surface area contributed by atoms with E-state index in [0.717, 1.165) is 12.8 Å². The summed E-state index contributed by atoms with van der Waals surface area (Å²) in [6, 6.07) is 6.82. The molecule has 4 heteroatoms. The van der Waals surface area contributed by atoms with Crippen LogP contribution in [0, 0.1) is 0 Å². The largest absolute Gasteiger partial charge is 0.497 e. The normalized spacial score (nSPS) is 10.6. The van der Waals surface area contributed by atoms with Gasteiger partial charge in [0.1, 0.15) is 5.75 Å². The first-order valence-corrected chi connectivity index (χ1v) is 7.27. The number of ketones is 1. The third-order valence-corrected chi connectivity index (χ3v) is 3.05. The van der Waals surface area contributed by atoms with Gasteiger partial charge in [-0.1, -0.05) is 13.8 Å². The third-order valence-electron chi connectivity index (χ3n) is 3.05. The van der Waals surface area contributed by atoms with Crippen LogP contribution < -0.4 is 4.74 Å². The molecule has 0 heterocycles. The topological polar surface area (TPSA) is 46.6 Å². The van der Waals surface area contributed by atoms with Gasteiger partial charge in [0, 0.05) is 24.7 Å². The molecule has 0 saturated heterocycles. The summed E-state index contributed by atoms with van der Waals surface area (Å²) in [7, 11) is 1.57. The number of rotatable bonds is 8. The van der Waals surface area contributed by atoms with E-state index in [1.54, 1.807) is 36.3 Å². The number of methoxy groups -OCH3 is 1. The van der Waals surface area contributed by atoms with E-state index in [9.17, 15) is 9.59 Å². The fraction of sp³-hybridized carbons (Fsp3) is 0.412. The predicted octanol–water partition coefficient (Wildman–Crippen LogP) is 3.08. The number of carbonyl (C=O) groups excluding carboxylic acids is 2. The molecule has 1 amide bonds. The van der Waals surface area contributed by atoms with Crippen LogP contribution in [0.3, 0.4) is 0 Å². The minimum atomic E-state index is -0.182. The predicted molar refractivity (Wildman–Crippen MR) is 83.6 cm³/mol. The number of amides is 1. The van der Waals surface area contributed by atoms with Crippen LogP contribution in [0.15, 0.2) is 36.4 Å². The van der Waals surface area contributed by atoms with E-state index in [-0.39, 0.29) is 11.7 Å². The van der Waals surface area contributed by atoms with Gasteiger partial charge in [0.25, 0.3) is 0 Å². The van der Waals surface area contributed by atoms with E-state index >= 15 is 0 Å². The maximum atomic E-state index is 12.0. The van der Waals surface area contributed by atoms with E-state index in [2.05, 4.69) is 0 Å². The van der Waals surface area contributed by atoms with Crippen LogP contribution in [0.1, 0.15) is 37.0 Å². The molecular weight excluding hydrogens is 266 g/mol. The summed E-state index contributed by atoms with van der Waals surface area (Å²) in [4.78, 5) is 25.8. The molecular formula is C17H23NO3. The Balaban J connectivity index is 2.68. The second-order valence-corrected chi connectivity index (χ2v) is 4.75. The summed E-state index contributed by atoms with van der Waals surface area (Å²) in [6.45, 7) is 5.49. The van der Waals surface area contributed by atoms with Crippen LogP contribution in [-0.2, 0) is 4.79 Å². The van der Waals surface area contributed by atoms with Gasteiger partial charge < -0.3 is 9.64 Å². The Morgan fingerprint density at radius 2 is 1.62 bits per heavy atom. The molecule has 1 rings (SSSR count). The number of allylic oxidation sites excluding steroid dienone is 1. The SMILES string of the molecule is CCCN(CCC)C(=O)/C=C/C(=O)c1ccc(OC)cc1. The van der Waals surface area contributed by atoms with Gasteiger partial charge in [-0.3, -0.25) is 9.59 Å². The van der Waals surface area contributed by atoms with Gasteiger partial charge in [-0.05, 0) is 43.2 Å². The number of nitrogens with zero attached hydrogens (tertiary/aromatic N) is 1. The van der Waals surface area contributed by atoms with E-state index in [1.165, 1.54) is 12.2 Å². The van der Waals surface area contributed by atoms with E-state index in [0.29, 0.717) is 24.4 Å². The number of carbonyl (C=O) groups is 2. The van der Waals surface area contributed by atoms with Crippen LogP contribution in [-0.4, -0.2) is 36.8 Å². The Hall–Kier alpha value is -2.10. The molecule has 0 aliphatic carbocycles. The van der Waals surface area contributed by atoms with Crippen LogP contribution in [0.2, 0.25) is 0 Å². The molecule has 114 valence electrons. The molecule has 0 N–H and O–H groups in total. The van der Waals surface area contributed by atoms with Crippen molar-refractivity contribution in [3.05, 3.63) is 42.0 Å². The Morgan fingerprint density at radius 3 is 2.10 bits per heavy atom. The van der Waals surface area contributed by atoms with Crippen molar-refractivity contribution in [2.45, 2.75) is 26.7 Å². The van der Waals surface area contributed by atoms with Crippen molar-refractivity contribution < 1.29 is 14.3 Å². The summed E-state index contributed by atoms with van der Waals surface area (Å²) < 4.78 is 5.04. The van der Waals surface area contributed by atoms with Crippen LogP contribution >= 0.6 is 0 Å². The first-order chi connectivity index (χ1) is 10.1. The lowest BCUT2D eigenvalue weighted by atomic mass is 10.1. The van der Waals surface area contributed by atoms with E-state index in [1.807, 2.05) is 13.8 Å². The highest BCUT2D eigenvalue weighted by Crippen LogP contribution is 2.12. The number of hydrogen-bond donors (Lipinski definition) is 0. The van der Waals surface area contributed by atoms with Gasteiger partial charge in [0.15, 0.2) is 5.78 Å².